The minimum atomic E-state index is -0.254. The standard InChI is InChI=1S/2C24H20FN5O.C22H20FN5O/c1-14-3-4-16(10-26)9-18(14)20-12-28-24(30-13-15(2)29-23(20)30)27-11-19-17-7-8-31-22(17)6-5-21(19)25;1-14-13-30-23(29-14)20(17-5-3-4-16(10-26)15(17)2)12-28-24(30)27-11-19-18-8-9-31-22(18)7-6-21(19)25;1-13-9-15(5-7-24-13)17-10-25-22(28-12-14(2)27-21(17)28)26-11-18-16-6-8-29-20(16)4-3-19(18)23/h3-6,9,12-13H,7-8,11H2,1-2H3,(H,27,28);3-7,12-13H,8-9,11H2,1-2H3,(H,27,28);3-5,7,9-10,12H,6,8,11H2,1-2H3,(H,25,26). The lowest BCUT2D eigenvalue weighted by Crippen LogP contribution is -2.10. The Labute approximate surface area is 521 Å². The van der Waals surface area contributed by atoms with E-state index in [1.54, 1.807) is 55.1 Å². The van der Waals surface area contributed by atoms with E-state index in [1.165, 1.54) is 18.2 Å². The highest BCUT2D eigenvalue weighted by Gasteiger charge is 2.25. The number of hydrogen-bond acceptors (Lipinski definition) is 15. The average Bonchev–Trinajstić information content (AvgIpc) is 2.15. The summed E-state index contributed by atoms with van der Waals surface area (Å²) in [5.74, 6) is 3.29. The number of aryl methyl sites for hydroxylation is 5. The number of nitrogens with zero attached hydrogens (tertiary/aromatic N) is 12. The molecular formula is C70H60F3N15O3. The summed E-state index contributed by atoms with van der Waals surface area (Å²) < 4.78 is 65.8. The smallest absolute Gasteiger partial charge is 0.208 e. The summed E-state index contributed by atoms with van der Waals surface area (Å²) in [6.45, 7) is 14.3. The van der Waals surface area contributed by atoms with E-state index in [9.17, 15) is 23.7 Å². The molecule has 454 valence electrons. The maximum absolute atomic E-state index is 14.5. The number of aromatic nitrogens is 10. The van der Waals surface area contributed by atoms with E-state index in [4.69, 9.17) is 14.2 Å². The molecule has 21 heteroatoms. The van der Waals surface area contributed by atoms with Gasteiger partial charge in [0.2, 0.25) is 17.8 Å². The molecule has 0 aliphatic carbocycles. The third-order valence-electron chi connectivity index (χ3n) is 16.5. The number of anilines is 3. The van der Waals surface area contributed by atoms with E-state index in [2.05, 4.69) is 63.0 Å². The van der Waals surface area contributed by atoms with Crippen molar-refractivity contribution < 1.29 is 27.4 Å². The third-order valence-corrected chi connectivity index (χ3v) is 16.5. The van der Waals surface area contributed by atoms with Gasteiger partial charge in [0.15, 0.2) is 0 Å². The molecular weight excluding hydrogens is 1160 g/mol. The molecule has 10 heterocycles. The molecule has 3 N–H and O–H groups in total. The number of imidazole rings is 3. The lowest BCUT2D eigenvalue weighted by molar-refractivity contribution is 0.356. The normalized spacial score (nSPS) is 12.6. The Kier molecular flexibility index (Phi) is 15.9. The topological polar surface area (TPSA) is 215 Å². The van der Waals surface area contributed by atoms with Gasteiger partial charge in [-0.1, -0.05) is 18.2 Å². The first-order valence-corrected chi connectivity index (χ1v) is 29.7. The van der Waals surface area contributed by atoms with Gasteiger partial charge >= 0.3 is 0 Å². The first-order valence-electron chi connectivity index (χ1n) is 29.7. The van der Waals surface area contributed by atoms with Crippen molar-refractivity contribution in [1.29, 1.82) is 10.5 Å². The molecule has 15 rings (SSSR count). The first-order chi connectivity index (χ1) is 44.2. The number of ether oxygens (including phenoxy) is 3. The number of nitrogens with one attached hydrogen (secondary N) is 3. The number of nitriles is 2. The average molecular weight is 1220 g/mol. The quantitative estimate of drug-likeness (QED) is 0.104. The molecule has 5 aromatic carbocycles. The van der Waals surface area contributed by atoms with Crippen LogP contribution in [-0.2, 0) is 38.9 Å². The van der Waals surface area contributed by atoms with Crippen molar-refractivity contribution in [3.05, 3.63) is 224 Å². The molecule has 0 atom stereocenters. The SMILES string of the molecule is Cc1cc(-c2cnc(NCc3c(F)ccc4c3CCO4)n3cc(C)nc23)ccn1.Cc1cn2c(NCc3c(F)ccc4c3CCO4)ncc(-c3cc(C#N)ccc3C)c2n1.Cc1cn2c(NCc3c(F)ccc4c3CCO4)ncc(-c3cccc(C#N)c3C)c2n1. The Morgan fingerprint density at radius 3 is 1.37 bits per heavy atom. The van der Waals surface area contributed by atoms with Crippen molar-refractivity contribution in [1.82, 2.24) is 48.1 Å². The van der Waals surface area contributed by atoms with E-state index >= 15 is 0 Å². The highest BCUT2D eigenvalue weighted by molar-refractivity contribution is 5.83. The van der Waals surface area contributed by atoms with Crippen molar-refractivity contribution in [2.45, 2.75) is 80.4 Å². The van der Waals surface area contributed by atoms with Gasteiger partial charge in [-0.05, 0) is 136 Å². The van der Waals surface area contributed by atoms with Gasteiger partial charge in [0.25, 0.3) is 0 Å². The molecule has 0 radical (unpaired) electrons. The highest BCUT2D eigenvalue weighted by Crippen LogP contribution is 2.36. The second kappa shape index (κ2) is 24.7. The summed E-state index contributed by atoms with van der Waals surface area (Å²) in [4.78, 5) is 32.1. The lowest BCUT2D eigenvalue weighted by Gasteiger charge is -2.14. The maximum Gasteiger partial charge on any atom is 0.208 e. The van der Waals surface area contributed by atoms with Gasteiger partial charge in [-0.25, -0.2) is 43.1 Å². The summed E-state index contributed by atoms with van der Waals surface area (Å²) >= 11 is 0. The molecule has 0 fully saturated rings. The Hall–Kier alpha value is -11.3. The molecule has 12 aromatic rings. The zero-order valence-corrected chi connectivity index (χ0v) is 50.7. The zero-order chi connectivity index (χ0) is 63.0. The largest absolute Gasteiger partial charge is 0.493 e. The lowest BCUT2D eigenvalue weighted by atomic mass is 9.98. The van der Waals surface area contributed by atoms with Gasteiger partial charge < -0.3 is 30.2 Å². The van der Waals surface area contributed by atoms with Crippen LogP contribution < -0.4 is 30.2 Å². The van der Waals surface area contributed by atoms with Crippen LogP contribution in [0.5, 0.6) is 17.2 Å². The van der Waals surface area contributed by atoms with Gasteiger partial charge in [-0.3, -0.25) is 18.2 Å². The van der Waals surface area contributed by atoms with E-state index in [-0.39, 0.29) is 17.5 Å². The molecule has 0 spiro atoms. The van der Waals surface area contributed by atoms with E-state index in [0.717, 1.165) is 125 Å². The summed E-state index contributed by atoms with van der Waals surface area (Å²) in [5, 5.41) is 28.5. The van der Waals surface area contributed by atoms with E-state index < -0.39 is 0 Å². The second-order valence-electron chi connectivity index (χ2n) is 22.5. The number of halogens is 3. The van der Waals surface area contributed by atoms with Crippen LogP contribution in [0, 0.1) is 81.7 Å². The molecule has 3 aliphatic heterocycles. The highest BCUT2D eigenvalue weighted by atomic mass is 19.1. The summed E-state index contributed by atoms with van der Waals surface area (Å²) in [5.41, 5.74) is 18.9. The minimum Gasteiger partial charge on any atom is -0.493 e. The predicted molar refractivity (Wildman–Crippen MR) is 340 cm³/mol. The van der Waals surface area contributed by atoms with Crippen LogP contribution in [0.15, 0.2) is 128 Å². The van der Waals surface area contributed by atoms with Crippen LogP contribution in [0.2, 0.25) is 0 Å². The van der Waals surface area contributed by atoms with Crippen LogP contribution in [0.1, 0.15) is 78.4 Å². The van der Waals surface area contributed by atoms with Gasteiger partial charge in [0.05, 0.1) is 60.2 Å². The van der Waals surface area contributed by atoms with Crippen LogP contribution in [0.3, 0.4) is 0 Å². The summed E-state index contributed by atoms with van der Waals surface area (Å²) in [6, 6.07) is 29.0. The fourth-order valence-electron chi connectivity index (χ4n) is 12.0. The van der Waals surface area contributed by atoms with Crippen LogP contribution in [-0.4, -0.2) is 67.9 Å². The second-order valence-corrected chi connectivity index (χ2v) is 22.5. The first kappa shape index (κ1) is 58.7. The van der Waals surface area contributed by atoms with Crippen LogP contribution in [0.4, 0.5) is 31.0 Å². The van der Waals surface area contributed by atoms with Crippen LogP contribution >= 0.6 is 0 Å². The zero-order valence-electron chi connectivity index (χ0n) is 50.7. The maximum atomic E-state index is 14.5. The molecule has 0 unspecified atom stereocenters. The molecule has 91 heavy (non-hydrogen) atoms. The Morgan fingerprint density at radius 1 is 0.473 bits per heavy atom. The van der Waals surface area contributed by atoms with Crippen LogP contribution in [0.25, 0.3) is 50.3 Å². The van der Waals surface area contributed by atoms with Crippen molar-refractivity contribution in [3.8, 4) is 62.8 Å². The molecule has 0 saturated carbocycles. The minimum absolute atomic E-state index is 0.233. The summed E-state index contributed by atoms with van der Waals surface area (Å²) in [7, 11) is 0. The Morgan fingerprint density at radius 2 is 0.923 bits per heavy atom. The fourth-order valence-corrected chi connectivity index (χ4v) is 12.0. The molecule has 0 saturated heterocycles. The van der Waals surface area contributed by atoms with Gasteiger partial charge in [0.1, 0.15) is 51.6 Å². The molecule has 3 aliphatic rings. The van der Waals surface area contributed by atoms with E-state index in [1.807, 2.05) is 110 Å². The fraction of sp³-hybridized carbons (Fsp3) is 0.214. The predicted octanol–water partition coefficient (Wildman–Crippen LogP) is 13.2. The number of benzene rings is 5. The molecule has 0 bridgehead atoms. The van der Waals surface area contributed by atoms with Gasteiger partial charge in [-0.2, -0.15) is 10.5 Å². The molecule has 18 nitrogen and oxygen atoms in total. The van der Waals surface area contributed by atoms with Gasteiger partial charge in [0, 0.05) is 138 Å². The van der Waals surface area contributed by atoms with E-state index in [0.29, 0.717) is 98.0 Å². The van der Waals surface area contributed by atoms with Crippen molar-refractivity contribution in [3.63, 3.8) is 0 Å². The molecule has 7 aromatic heterocycles. The Balaban J connectivity index is 0.000000125. The van der Waals surface area contributed by atoms with Gasteiger partial charge in [-0.15, -0.1) is 0 Å². The number of rotatable bonds is 12. The monoisotopic (exact) mass is 1220 g/mol. The number of fused-ring (bicyclic) bond motifs is 6. The van der Waals surface area contributed by atoms with Crippen molar-refractivity contribution in [2.24, 2.45) is 0 Å². The third kappa shape index (κ3) is 11.5. The number of pyridine rings is 1. The van der Waals surface area contributed by atoms with Crippen molar-refractivity contribution >= 4 is 34.8 Å². The number of hydrogen-bond donors (Lipinski definition) is 3. The van der Waals surface area contributed by atoms with Crippen molar-refractivity contribution in [2.75, 3.05) is 35.8 Å². The summed E-state index contributed by atoms with van der Waals surface area (Å²) in [6.07, 6.45) is 14.9. The molecule has 0 amide bonds. The Bertz CT molecular complexity index is 4800.